The van der Waals surface area contributed by atoms with Gasteiger partial charge in [-0.05, 0) is 36.8 Å². The second-order valence-electron chi connectivity index (χ2n) is 4.67. The molecule has 2 rings (SSSR count). The van der Waals surface area contributed by atoms with E-state index in [0.717, 1.165) is 16.9 Å². The van der Waals surface area contributed by atoms with Crippen LogP contribution in [0, 0.1) is 6.92 Å². The summed E-state index contributed by atoms with van der Waals surface area (Å²) in [6.45, 7) is 3.74. The quantitative estimate of drug-likeness (QED) is 0.787. The van der Waals surface area contributed by atoms with Crippen LogP contribution in [0.1, 0.15) is 28.6 Å². The summed E-state index contributed by atoms with van der Waals surface area (Å²) in [5, 5.41) is 14.7. The summed E-state index contributed by atoms with van der Waals surface area (Å²) in [4.78, 5) is 21.8. The summed E-state index contributed by atoms with van der Waals surface area (Å²) < 4.78 is 5.15. The molecule has 0 radical (unpaired) electrons. The second kappa shape index (κ2) is 6.13. The number of nitrogens with one attached hydrogen (secondary N) is 2. The van der Waals surface area contributed by atoms with Crippen LogP contribution in [-0.2, 0) is 11.3 Å². The first-order valence-electron chi connectivity index (χ1n) is 6.38. The Balaban J connectivity index is 2.01. The normalized spacial score (nSPS) is 10.2. The van der Waals surface area contributed by atoms with Crippen LogP contribution >= 0.6 is 0 Å². The zero-order valence-corrected chi connectivity index (χ0v) is 11.8. The Morgan fingerprint density at radius 3 is 2.62 bits per heavy atom. The van der Waals surface area contributed by atoms with E-state index < -0.39 is 5.97 Å². The molecular weight excluding hydrogens is 272 g/mol. The molecule has 0 fully saturated rings. The molecule has 21 heavy (non-hydrogen) atoms. The van der Waals surface area contributed by atoms with Crippen LogP contribution in [-0.4, -0.2) is 17.0 Å². The number of hydrogen-bond donors (Lipinski definition) is 3. The molecule has 0 unspecified atom stereocenters. The number of carboxylic acids is 1. The third-order valence-electron chi connectivity index (χ3n) is 2.90. The Labute approximate surface area is 121 Å². The summed E-state index contributed by atoms with van der Waals surface area (Å²) in [5.74, 6) is -0.591. The Hall–Kier alpha value is -2.76. The van der Waals surface area contributed by atoms with E-state index in [2.05, 4.69) is 10.6 Å². The predicted octanol–water partition coefficient (Wildman–Crippen LogP) is 2.86. The van der Waals surface area contributed by atoms with Gasteiger partial charge in [-0.15, -0.1) is 0 Å². The van der Waals surface area contributed by atoms with Gasteiger partial charge in [-0.3, -0.25) is 4.79 Å². The molecule has 0 aliphatic carbocycles. The van der Waals surface area contributed by atoms with Crippen molar-refractivity contribution < 1.29 is 19.1 Å². The fourth-order valence-corrected chi connectivity index (χ4v) is 1.88. The smallest absolute Gasteiger partial charge is 0.338 e. The van der Waals surface area contributed by atoms with Gasteiger partial charge in [0.1, 0.15) is 12.0 Å². The van der Waals surface area contributed by atoms with Crippen molar-refractivity contribution >= 4 is 23.3 Å². The number of anilines is 2. The predicted molar refractivity (Wildman–Crippen MR) is 78.5 cm³/mol. The Bertz CT molecular complexity index is 676. The van der Waals surface area contributed by atoms with Crippen LogP contribution in [0.25, 0.3) is 0 Å². The number of amides is 1. The average molecular weight is 288 g/mol. The zero-order valence-electron chi connectivity index (χ0n) is 11.8. The topological polar surface area (TPSA) is 91.6 Å². The van der Waals surface area contributed by atoms with Gasteiger partial charge in [0.05, 0.1) is 12.1 Å². The molecule has 0 saturated carbocycles. The van der Waals surface area contributed by atoms with Crippen molar-refractivity contribution in [3.8, 4) is 0 Å². The number of benzene rings is 1. The highest BCUT2D eigenvalue weighted by molar-refractivity contribution is 5.89. The molecule has 110 valence electrons. The lowest BCUT2D eigenvalue weighted by atomic mass is 10.1. The van der Waals surface area contributed by atoms with Crippen molar-refractivity contribution in [2.75, 3.05) is 10.6 Å². The molecule has 0 bridgehead atoms. The first kappa shape index (κ1) is 14.6. The molecule has 1 amide bonds. The van der Waals surface area contributed by atoms with E-state index in [4.69, 9.17) is 9.52 Å². The Morgan fingerprint density at radius 1 is 1.29 bits per heavy atom. The highest BCUT2D eigenvalue weighted by Gasteiger charge is 2.08. The van der Waals surface area contributed by atoms with E-state index in [9.17, 15) is 9.59 Å². The molecule has 1 aromatic carbocycles. The van der Waals surface area contributed by atoms with Crippen molar-refractivity contribution in [1.29, 1.82) is 0 Å². The standard InChI is InChI=1S/C15H16N2O4/c1-9-5-12(3-4-14(9)17-10(2)18)16-7-13-6-11(8-21-13)15(19)20/h3-6,8,16H,7H2,1-2H3,(H,17,18)(H,19,20). The van der Waals surface area contributed by atoms with Crippen LogP contribution < -0.4 is 10.6 Å². The summed E-state index contributed by atoms with van der Waals surface area (Å²) >= 11 is 0. The fourth-order valence-electron chi connectivity index (χ4n) is 1.88. The molecule has 1 heterocycles. The number of carboxylic acid groups (broad SMARTS) is 1. The van der Waals surface area contributed by atoms with Gasteiger partial charge in [-0.25, -0.2) is 4.79 Å². The number of hydrogen-bond acceptors (Lipinski definition) is 4. The molecule has 6 heteroatoms. The lowest BCUT2D eigenvalue weighted by Gasteiger charge is -2.10. The maximum absolute atomic E-state index is 11.0. The molecule has 2 aromatic rings. The summed E-state index contributed by atoms with van der Waals surface area (Å²) in [5.41, 5.74) is 2.68. The minimum atomic E-state index is -1.01. The third kappa shape index (κ3) is 3.85. The van der Waals surface area contributed by atoms with Crippen molar-refractivity contribution in [3.63, 3.8) is 0 Å². The molecule has 0 aliphatic heterocycles. The maximum Gasteiger partial charge on any atom is 0.338 e. The van der Waals surface area contributed by atoms with E-state index in [-0.39, 0.29) is 11.5 Å². The maximum atomic E-state index is 11.0. The van der Waals surface area contributed by atoms with Crippen molar-refractivity contribution in [1.82, 2.24) is 0 Å². The lowest BCUT2D eigenvalue weighted by molar-refractivity contribution is -0.114. The molecule has 6 nitrogen and oxygen atoms in total. The molecule has 3 N–H and O–H groups in total. The second-order valence-corrected chi connectivity index (χ2v) is 4.67. The Kier molecular flexibility index (Phi) is 4.27. The minimum absolute atomic E-state index is 0.115. The molecule has 1 aromatic heterocycles. The minimum Gasteiger partial charge on any atom is -0.478 e. The van der Waals surface area contributed by atoms with Crippen molar-refractivity contribution in [2.24, 2.45) is 0 Å². The van der Waals surface area contributed by atoms with E-state index >= 15 is 0 Å². The number of aryl methyl sites for hydroxylation is 1. The number of furan rings is 1. The van der Waals surface area contributed by atoms with Gasteiger partial charge in [0.25, 0.3) is 0 Å². The fraction of sp³-hybridized carbons (Fsp3) is 0.200. The first-order valence-corrected chi connectivity index (χ1v) is 6.38. The van der Waals surface area contributed by atoms with Crippen LogP contribution in [0.3, 0.4) is 0 Å². The van der Waals surface area contributed by atoms with Crippen LogP contribution in [0.5, 0.6) is 0 Å². The van der Waals surface area contributed by atoms with E-state index in [1.807, 2.05) is 25.1 Å². The SMILES string of the molecule is CC(=O)Nc1ccc(NCc2cc(C(=O)O)co2)cc1C. The number of aromatic carboxylic acids is 1. The third-order valence-corrected chi connectivity index (χ3v) is 2.90. The van der Waals surface area contributed by atoms with Gasteiger partial charge >= 0.3 is 5.97 Å². The molecule has 0 spiro atoms. The van der Waals surface area contributed by atoms with Gasteiger partial charge in [0, 0.05) is 18.3 Å². The highest BCUT2D eigenvalue weighted by atomic mass is 16.4. The number of carbonyl (C=O) groups is 2. The monoisotopic (exact) mass is 288 g/mol. The van der Waals surface area contributed by atoms with Crippen molar-refractivity contribution in [3.05, 3.63) is 47.4 Å². The van der Waals surface area contributed by atoms with Crippen LogP contribution in [0.4, 0.5) is 11.4 Å². The van der Waals surface area contributed by atoms with Crippen LogP contribution in [0.2, 0.25) is 0 Å². The van der Waals surface area contributed by atoms with Gasteiger partial charge < -0.3 is 20.2 Å². The summed E-state index contributed by atoms with van der Waals surface area (Å²) in [6, 6.07) is 7.02. The highest BCUT2D eigenvalue weighted by Crippen LogP contribution is 2.20. The molecule has 0 atom stereocenters. The Morgan fingerprint density at radius 2 is 2.05 bits per heavy atom. The number of rotatable bonds is 5. The van der Waals surface area contributed by atoms with Gasteiger partial charge in [-0.1, -0.05) is 0 Å². The number of carbonyl (C=O) groups excluding carboxylic acids is 1. The van der Waals surface area contributed by atoms with Gasteiger partial charge in [0.2, 0.25) is 5.91 Å². The largest absolute Gasteiger partial charge is 0.478 e. The summed E-state index contributed by atoms with van der Waals surface area (Å²) in [7, 11) is 0. The average Bonchev–Trinajstić information content (AvgIpc) is 2.88. The lowest BCUT2D eigenvalue weighted by Crippen LogP contribution is -2.07. The van der Waals surface area contributed by atoms with Gasteiger partial charge in [0.15, 0.2) is 0 Å². The van der Waals surface area contributed by atoms with E-state index in [0.29, 0.717) is 12.3 Å². The molecule has 0 saturated heterocycles. The van der Waals surface area contributed by atoms with Crippen LogP contribution in [0.15, 0.2) is 34.9 Å². The molecular formula is C15H16N2O4. The van der Waals surface area contributed by atoms with Gasteiger partial charge in [-0.2, -0.15) is 0 Å². The first-order chi connectivity index (χ1) is 9.95. The van der Waals surface area contributed by atoms with Crippen molar-refractivity contribution in [2.45, 2.75) is 20.4 Å². The van der Waals surface area contributed by atoms with E-state index in [1.165, 1.54) is 19.3 Å². The summed E-state index contributed by atoms with van der Waals surface area (Å²) in [6.07, 6.45) is 1.21. The van der Waals surface area contributed by atoms with E-state index in [1.54, 1.807) is 0 Å². The zero-order chi connectivity index (χ0) is 15.4. The molecule has 0 aliphatic rings.